The van der Waals surface area contributed by atoms with E-state index in [4.69, 9.17) is 5.73 Å². The summed E-state index contributed by atoms with van der Waals surface area (Å²) in [5, 5.41) is 0.375. The van der Waals surface area contributed by atoms with Gasteiger partial charge in [0.1, 0.15) is 5.82 Å². The smallest absolute Gasteiger partial charge is 0.384 e. The molecule has 0 saturated carbocycles. The van der Waals surface area contributed by atoms with Crippen molar-refractivity contribution in [2.75, 3.05) is 5.73 Å². The monoisotopic (exact) mass is 299 g/mol. The van der Waals surface area contributed by atoms with E-state index in [1.54, 1.807) is 19.1 Å². The van der Waals surface area contributed by atoms with Crippen molar-refractivity contribution >= 4 is 17.6 Å². The Morgan fingerprint density at radius 3 is 2.55 bits per heavy atom. The van der Waals surface area contributed by atoms with E-state index in [1.165, 1.54) is 12.1 Å². The molecule has 0 saturated heterocycles. The zero-order chi connectivity index (χ0) is 14.8. The summed E-state index contributed by atoms with van der Waals surface area (Å²) in [6.45, 7) is 1.76. The molecular formula is C13H12F3N3S. The van der Waals surface area contributed by atoms with Crippen molar-refractivity contribution in [1.82, 2.24) is 9.97 Å². The first-order chi connectivity index (χ1) is 9.36. The van der Waals surface area contributed by atoms with Gasteiger partial charge in [0.05, 0.1) is 5.56 Å². The van der Waals surface area contributed by atoms with Gasteiger partial charge < -0.3 is 5.73 Å². The molecule has 3 nitrogen and oxygen atoms in total. The predicted molar refractivity (Wildman–Crippen MR) is 72.2 cm³/mol. The lowest BCUT2D eigenvalue weighted by atomic mass is 10.1. The molecule has 2 aromatic rings. The van der Waals surface area contributed by atoms with E-state index >= 15 is 0 Å². The number of benzene rings is 1. The molecule has 7 heteroatoms. The number of rotatable bonds is 3. The van der Waals surface area contributed by atoms with Crippen LogP contribution in [0.2, 0.25) is 0 Å². The number of hydrogen-bond donors (Lipinski definition) is 1. The van der Waals surface area contributed by atoms with Crippen LogP contribution in [0.1, 0.15) is 16.8 Å². The highest BCUT2D eigenvalue weighted by Gasteiger charge is 2.32. The minimum atomic E-state index is -4.36. The van der Waals surface area contributed by atoms with E-state index in [0.717, 1.165) is 17.8 Å². The van der Waals surface area contributed by atoms with Crippen LogP contribution in [-0.4, -0.2) is 9.97 Å². The summed E-state index contributed by atoms with van der Waals surface area (Å²) in [5.74, 6) is 0.447. The molecule has 0 radical (unpaired) electrons. The first-order valence-corrected chi connectivity index (χ1v) is 6.74. The molecule has 1 aromatic heterocycles. The van der Waals surface area contributed by atoms with Gasteiger partial charge in [0.2, 0.25) is 0 Å². The molecule has 0 aliphatic heterocycles. The highest BCUT2D eigenvalue weighted by Crippen LogP contribution is 2.34. The summed E-state index contributed by atoms with van der Waals surface area (Å²) in [7, 11) is 0. The van der Waals surface area contributed by atoms with E-state index in [2.05, 4.69) is 9.97 Å². The molecule has 0 atom stereocenters. The van der Waals surface area contributed by atoms with Crippen molar-refractivity contribution < 1.29 is 13.2 Å². The molecule has 0 amide bonds. The average molecular weight is 299 g/mol. The summed E-state index contributed by atoms with van der Waals surface area (Å²) < 4.78 is 38.5. The number of nitrogens with zero attached hydrogens (tertiary/aromatic N) is 2. The zero-order valence-electron chi connectivity index (χ0n) is 10.6. The first kappa shape index (κ1) is 14.6. The summed E-state index contributed by atoms with van der Waals surface area (Å²) in [6.07, 6.45) is -4.36. The largest absolute Gasteiger partial charge is 0.416 e. The van der Waals surface area contributed by atoms with Gasteiger partial charge in [-0.15, -0.1) is 0 Å². The Labute approximate surface area is 118 Å². The second-order valence-electron chi connectivity index (χ2n) is 4.16. The molecule has 106 valence electrons. The Kier molecular flexibility index (Phi) is 4.17. The molecule has 2 N–H and O–H groups in total. The third-order valence-corrected chi connectivity index (χ3v) is 3.43. The van der Waals surface area contributed by atoms with Crippen molar-refractivity contribution in [2.45, 2.75) is 24.0 Å². The Morgan fingerprint density at radius 1 is 1.20 bits per heavy atom. The van der Waals surface area contributed by atoms with Gasteiger partial charge in [-0.25, -0.2) is 9.97 Å². The summed E-state index contributed by atoms with van der Waals surface area (Å²) in [5.41, 5.74) is 5.84. The third-order valence-electron chi connectivity index (χ3n) is 2.53. The number of aromatic nitrogens is 2. The van der Waals surface area contributed by atoms with Gasteiger partial charge in [-0.05, 0) is 18.6 Å². The van der Waals surface area contributed by atoms with Crippen molar-refractivity contribution in [3.63, 3.8) is 0 Å². The number of hydrogen-bond acceptors (Lipinski definition) is 4. The number of anilines is 1. The Bertz CT molecular complexity index is 594. The number of nitrogen functional groups attached to an aromatic ring is 1. The quantitative estimate of drug-likeness (QED) is 0.694. The van der Waals surface area contributed by atoms with Gasteiger partial charge in [-0.3, -0.25) is 0 Å². The van der Waals surface area contributed by atoms with E-state index in [1.807, 2.05) is 0 Å². The normalized spacial score (nSPS) is 11.6. The van der Waals surface area contributed by atoms with Gasteiger partial charge in [0, 0.05) is 17.5 Å². The molecule has 0 fully saturated rings. The van der Waals surface area contributed by atoms with Crippen molar-refractivity contribution in [2.24, 2.45) is 0 Å². The number of aryl methyl sites for hydroxylation is 1. The van der Waals surface area contributed by atoms with Crippen molar-refractivity contribution in [3.05, 3.63) is 47.2 Å². The Balaban J connectivity index is 2.19. The Morgan fingerprint density at radius 2 is 1.90 bits per heavy atom. The lowest BCUT2D eigenvalue weighted by molar-refractivity contribution is -0.138. The second-order valence-corrected chi connectivity index (χ2v) is 5.10. The zero-order valence-corrected chi connectivity index (χ0v) is 11.4. The number of thioether (sulfide) groups is 1. The van der Waals surface area contributed by atoms with Crippen LogP contribution in [0.4, 0.5) is 19.0 Å². The molecule has 0 unspecified atom stereocenters. The topological polar surface area (TPSA) is 51.8 Å². The van der Waals surface area contributed by atoms with Crippen molar-refractivity contribution in [3.8, 4) is 0 Å². The summed E-state index contributed by atoms with van der Waals surface area (Å²) in [6, 6.07) is 7.08. The highest BCUT2D eigenvalue weighted by molar-refractivity contribution is 7.98. The minimum absolute atomic E-state index is 0.137. The molecule has 0 aliphatic rings. The number of nitrogens with two attached hydrogens (primary N) is 1. The molecule has 0 aliphatic carbocycles. The molecule has 2 rings (SSSR count). The van der Waals surface area contributed by atoms with Gasteiger partial charge in [0.25, 0.3) is 0 Å². The average Bonchev–Trinajstić information content (AvgIpc) is 2.34. The molecular weight excluding hydrogens is 287 g/mol. The fourth-order valence-corrected chi connectivity index (χ4v) is 2.61. The van der Waals surface area contributed by atoms with Crippen LogP contribution < -0.4 is 5.73 Å². The van der Waals surface area contributed by atoms with Crippen LogP contribution in [0.15, 0.2) is 35.5 Å². The highest BCUT2D eigenvalue weighted by atomic mass is 32.2. The lowest BCUT2D eigenvalue weighted by Crippen LogP contribution is -2.08. The second kappa shape index (κ2) is 5.70. The molecule has 1 aromatic carbocycles. The molecule has 20 heavy (non-hydrogen) atoms. The maximum absolute atomic E-state index is 12.8. The maximum atomic E-state index is 12.8. The third kappa shape index (κ3) is 3.63. The number of alkyl halides is 3. The predicted octanol–water partition coefficient (Wildman–Crippen LogP) is 3.68. The Hall–Kier alpha value is -1.76. The van der Waals surface area contributed by atoms with Crippen LogP contribution in [0.25, 0.3) is 0 Å². The molecule has 0 bridgehead atoms. The fourth-order valence-electron chi connectivity index (χ4n) is 1.69. The van der Waals surface area contributed by atoms with E-state index in [9.17, 15) is 13.2 Å². The van der Waals surface area contributed by atoms with E-state index < -0.39 is 11.7 Å². The van der Waals surface area contributed by atoms with Gasteiger partial charge >= 0.3 is 6.18 Å². The summed E-state index contributed by atoms with van der Waals surface area (Å²) in [4.78, 5) is 8.12. The standard InChI is InChI=1S/C13H12F3N3S/c1-8-6-11(17)19-12(18-8)20-7-9-4-2-3-5-10(9)13(14,15)16/h2-6H,7H2,1H3,(H2,17,18,19). The first-order valence-electron chi connectivity index (χ1n) is 5.75. The molecule has 0 spiro atoms. The minimum Gasteiger partial charge on any atom is -0.384 e. The van der Waals surface area contributed by atoms with Crippen LogP contribution in [-0.2, 0) is 11.9 Å². The van der Waals surface area contributed by atoms with E-state index in [0.29, 0.717) is 16.7 Å². The van der Waals surface area contributed by atoms with Crippen LogP contribution in [0.5, 0.6) is 0 Å². The molecule has 1 heterocycles. The van der Waals surface area contributed by atoms with Gasteiger partial charge in [-0.1, -0.05) is 30.0 Å². The van der Waals surface area contributed by atoms with E-state index in [-0.39, 0.29) is 11.3 Å². The summed E-state index contributed by atoms with van der Waals surface area (Å²) >= 11 is 1.13. The van der Waals surface area contributed by atoms with Crippen LogP contribution in [0, 0.1) is 6.92 Å². The van der Waals surface area contributed by atoms with Crippen LogP contribution in [0.3, 0.4) is 0 Å². The van der Waals surface area contributed by atoms with Crippen molar-refractivity contribution in [1.29, 1.82) is 0 Å². The SMILES string of the molecule is Cc1cc(N)nc(SCc2ccccc2C(F)(F)F)n1. The lowest BCUT2D eigenvalue weighted by Gasteiger charge is -2.12. The maximum Gasteiger partial charge on any atom is 0.416 e. The fraction of sp³-hybridized carbons (Fsp3) is 0.231. The van der Waals surface area contributed by atoms with Gasteiger partial charge in [0.15, 0.2) is 5.16 Å². The van der Waals surface area contributed by atoms with Gasteiger partial charge in [-0.2, -0.15) is 13.2 Å². The number of halogens is 3. The van der Waals surface area contributed by atoms with Crippen LogP contribution >= 0.6 is 11.8 Å².